The summed E-state index contributed by atoms with van der Waals surface area (Å²) < 4.78 is 0. The summed E-state index contributed by atoms with van der Waals surface area (Å²) in [4.78, 5) is 12.1. The van der Waals surface area contributed by atoms with Crippen LogP contribution in [-0.2, 0) is 4.79 Å². The lowest BCUT2D eigenvalue weighted by Crippen LogP contribution is -2.31. The minimum absolute atomic E-state index is 0.000349. The highest BCUT2D eigenvalue weighted by atomic mass is 16.4. The molecule has 0 heterocycles. The molecule has 0 saturated heterocycles. The monoisotopic (exact) mass is 203 g/mol. The van der Waals surface area contributed by atoms with Gasteiger partial charge in [-0.15, -0.1) is 0 Å². The molecule has 0 rings (SSSR count). The van der Waals surface area contributed by atoms with Gasteiger partial charge in [-0.2, -0.15) is 0 Å². The molecule has 0 atom stereocenters. The molecular weight excluding hydrogens is 186 g/mol. The number of rotatable bonds is 7. The topological polar surface area (TPSA) is 81.0 Å². The van der Waals surface area contributed by atoms with Gasteiger partial charge in [0, 0.05) is 25.7 Å². The number of aliphatic hydroxyl groups excluding tert-OH is 2. The highest BCUT2D eigenvalue weighted by molar-refractivity contribution is 5.80. The Kier molecular flexibility index (Phi) is 7.00. The fourth-order valence-corrected chi connectivity index (χ4v) is 1.16. The number of aliphatic carboxylic acids is 1. The third-order valence-corrected chi connectivity index (χ3v) is 1.68. The minimum Gasteiger partial charge on any atom is -0.478 e. The van der Waals surface area contributed by atoms with E-state index in [4.69, 9.17) is 15.3 Å². The van der Waals surface area contributed by atoms with E-state index >= 15 is 0 Å². The first-order chi connectivity index (χ1) is 6.60. The summed E-state index contributed by atoms with van der Waals surface area (Å²) in [7, 11) is 0. The van der Waals surface area contributed by atoms with Gasteiger partial charge in [0.2, 0.25) is 0 Å². The lowest BCUT2D eigenvalue weighted by atomic mass is 10.2. The van der Waals surface area contributed by atoms with Crippen molar-refractivity contribution >= 4 is 5.97 Å². The van der Waals surface area contributed by atoms with Crippen molar-refractivity contribution in [1.29, 1.82) is 0 Å². The maximum absolute atomic E-state index is 10.3. The van der Waals surface area contributed by atoms with Gasteiger partial charge in [0.1, 0.15) is 0 Å². The maximum Gasteiger partial charge on any atom is 0.328 e. The van der Waals surface area contributed by atoms with Crippen LogP contribution in [0, 0.1) is 0 Å². The fourth-order valence-electron chi connectivity index (χ4n) is 1.16. The molecule has 0 aromatic heterocycles. The average molecular weight is 203 g/mol. The lowest BCUT2D eigenvalue weighted by Gasteiger charge is -2.19. The van der Waals surface area contributed by atoms with E-state index in [1.165, 1.54) is 0 Å². The van der Waals surface area contributed by atoms with Crippen molar-refractivity contribution in [3.63, 3.8) is 0 Å². The molecule has 0 radical (unpaired) electrons. The maximum atomic E-state index is 10.3. The Labute approximate surface area is 83.3 Å². The third-order valence-electron chi connectivity index (χ3n) is 1.68. The fraction of sp³-hybridized carbons (Fsp3) is 0.667. The summed E-state index contributed by atoms with van der Waals surface area (Å²) in [5.74, 6) is -0.976. The second-order valence-corrected chi connectivity index (χ2v) is 3.05. The van der Waals surface area contributed by atoms with Gasteiger partial charge in [0.15, 0.2) is 0 Å². The van der Waals surface area contributed by atoms with E-state index in [1.54, 1.807) is 11.8 Å². The van der Waals surface area contributed by atoms with Crippen LogP contribution in [0.1, 0.15) is 6.92 Å². The number of aliphatic hydroxyl groups is 2. The van der Waals surface area contributed by atoms with Crippen LogP contribution < -0.4 is 0 Å². The molecule has 0 spiro atoms. The molecule has 0 aliphatic heterocycles. The van der Waals surface area contributed by atoms with Gasteiger partial charge in [-0.05, 0) is 6.92 Å². The summed E-state index contributed by atoms with van der Waals surface area (Å²) in [5, 5.41) is 25.9. The molecule has 0 aromatic rings. The van der Waals surface area contributed by atoms with Crippen LogP contribution in [0.2, 0.25) is 0 Å². The highest BCUT2D eigenvalue weighted by Crippen LogP contribution is 1.97. The zero-order chi connectivity index (χ0) is 11.0. The molecule has 5 heteroatoms. The van der Waals surface area contributed by atoms with Crippen LogP contribution in [-0.4, -0.2) is 59.0 Å². The first kappa shape index (κ1) is 13.1. The first-order valence-electron chi connectivity index (χ1n) is 4.44. The molecule has 14 heavy (non-hydrogen) atoms. The van der Waals surface area contributed by atoms with Gasteiger partial charge in [-0.25, -0.2) is 4.79 Å². The molecule has 0 aliphatic carbocycles. The van der Waals surface area contributed by atoms with E-state index in [-0.39, 0.29) is 13.2 Å². The van der Waals surface area contributed by atoms with Crippen molar-refractivity contribution < 1.29 is 20.1 Å². The minimum atomic E-state index is -0.976. The molecule has 5 nitrogen and oxygen atoms in total. The summed E-state index contributed by atoms with van der Waals surface area (Å²) in [5.41, 5.74) is 0.694. The third kappa shape index (κ3) is 6.59. The lowest BCUT2D eigenvalue weighted by molar-refractivity contribution is -0.131. The predicted octanol–water partition coefficient (Wildman–Crippen LogP) is -0.696. The molecule has 0 bridgehead atoms. The Hall–Kier alpha value is -0.910. The molecule has 0 aliphatic rings. The van der Waals surface area contributed by atoms with Crippen molar-refractivity contribution in [2.24, 2.45) is 0 Å². The van der Waals surface area contributed by atoms with Crippen molar-refractivity contribution in [1.82, 2.24) is 4.90 Å². The predicted molar refractivity (Wildman–Crippen MR) is 52.0 cm³/mol. The summed E-state index contributed by atoms with van der Waals surface area (Å²) in [6.45, 7) is 3.03. The molecule has 0 unspecified atom stereocenters. The SMILES string of the molecule is CC(=CC(=O)O)CN(CCO)CCO. The Bertz CT molecular complexity index is 197. The van der Waals surface area contributed by atoms with Crippen molar-refractivity contribution in [2.75, 3.05) is 32.8 Å². The standard InChI is InChI=1S/C9H17NO4/c1-8(6-9(13)14)7-10(2-4-11)3-5-12/h6,11-12H,2-5,7H2,1H3,(H,13,14). The van der Waals surface area contributed by atoms with E-state index in [2.05, 4.69) is 0 Å². The number of carboxylic acid groups (broad SMARTS) is 1. The van der Waals surface area contributed by atoms with Crippen molar-refractivity contribution in [3.8, 4) is 0 Å². The second kappa shape index (κ2) is 7.49. The Morgan fingerprint density at radius 2 is 1.79 bits per heavy atom. The normalized spacial score (nSPS) is 12.1. The zero-order valence-electron chi connectivity index (χ0n) is 8.31. The van der Waals surface area contributed by atoms with Gasteiger partial charge in [-0.3, -0.25) is 4.90 Å². The van der Waals surface area contributed by atoms with Crippen LogP contribution in [0.15, 0.2) is 11.6 Å². The highest BCUT2D eigenvalue weighted by Gasteiger charge is 2.04. The molecule has 0 saturated carbocycles. The number of carbonyl (C=O) groups is 1. The quantitative estimate of drug-likeness (QED) is 0.477. The van der Waals surface area contributed by atoms with Crippen LogP contribution in [0.5, 0.6) is 0 Å². The van der Waals surface area contributed by atoms with Crippen LogP contribution >= 0.6 is 0 Å². The van der Waals surface area contributed by atoms with Gasteiger partial charge >= 0.3 is 5.97 Å². The van der Waals surface area contributed by atoms with Gasteiger partial charge < -0.3 is 15.3 Å². The van der Waals surface area contributed by atoms with E-state index in [9.17, 15) is 4.79 Å². The van der Waals surface area contributed by atoms with E-state index in [0.29, 0.717) is 25.2 Å². The average Bonchev–Trinajstić information content (AvgIpc) is 2.03. The summed E-state index contributed by atoms with van der Waals surface area (Å²) >= 11 is 0. The molecule has 3 N–H and O–H groups in total. The van der Waals surface area contributed by atoms with Crippen LogP contribution in [0.3, 0.4) is 0 Å². The van der Waals surface area contributed by atoms with Crippen LogP contribution in [0.4, 0.5) is 0 Å². The second-order valence-electron chi connectivity index (χ2n) is 3.05. The van der Waals surface area contributed by atoms with Gasteiger partial charge in [0.05, 0.1) is 13.2 Å². The van der Waals surface area contributed by atoms with E-state index in [0.717, 1.165) is 6.08 Å². The van der Waals surface area contributed by atoms with Gasteiger partial charge in [-0.1, -0.05) is 5.57 Å². The van der Waals surface area contributed by atoms with E-state index < -0.39 is 5.97 Å². The number of hydrogen-bond donors (Lipinski definition) is 3. The van der Waals surface area contributed by atoms with E-state index in [1.807, 2.05) is 0 Å². The smallest absolute Gasteiger partial charge is 0.328 e. The summed E-state index contributed by atoms with van der Waals surface area (Å²) in [6, 6.07) is 0. The molecule has 0 aromatic carbocycles. The Balaban J connectivity index is 4.07. The largest absolute Gasteiger partial charge is 0.478 e. The number of carboxylic acids is 1. The molecular formula is C9H17NO4. The first-order valence-corrected chi connectivity index (χ1v) is 4.44. The van der Waals surface area contributed by atoms with Gasteiger partial charge in [0.25, 0.3) is 0 Å². The number of nitrogens with zero attached hydrogens (tertiary/aromatic N) is 1. The Morgan fingerprint density at radius 1 is 1.29 bits per heavy atom. The Morgan fingerprint density at radius 3 is 2.14 bits per heavy atom. The van der Waals surface area contributed by atoms with Crippen molar-refractivity contribution in [3.05, 3.63) is 11.6 Å². The van der Waals surface area contributed by atoms with Crippen LogP contribution in [0.25, 0.3) is 0 Å². The molecule has 0 amide bonds. The molecule has 0 fully saturated rings. The van der Waals surface area contributed by atoms with Crippen molar-refractivity contribution in [2.45, 2.75) is 6.92 Å². The summed E-state index contributed by atoms with van der Waals surface area (Å²) in [6.07, 6.45) is 1.13. The molecule has 82 valence electrons. The number of hydrogen-bond acceptors (Lipinski definition) is 4. The zero-order valence-corrected chi connectivity index (χ0v) is 8.31.